The van der Waals surface area contributed by atoms with Crippen molar-refractivity contribution in [1.29, 1.82) is 0 Å². The Bertz CT molecular complexity index is 793. The first-order chi connectivity index (χ1) is 10.1. The fourth-order valence-electron chi connectivity index (χ4n) is 2.17. The van der Waals surface area contributed by atoms with E-state index in [4.69, 9.17) is 0 Å². The maximum absolute atomic E-state index is 13.3. The molecule has 6 heteroatoms. The van der Waals surface area contributed by atoms with Gasteiger partial charge in [0.25, 0.3) is 0 Å². The summed E-state index contributed by atoms with van der Waals surface area (Å²) in [5.41, 5.74) is 0.799. The highest BCUT2D eigenvalue weighted by Gasteiger charge is 2.07. The van der Waals surface area contributed by atoms with Crippen molar-refractivity contribution in [3.05, 3.63) is 47.4 Å². The number of benzene rings is 1. The number of hydrogen-bond donors (Lipinski definition) is 1. The largest absolute Gasteiger partial charge is 0.347 e. The topological polar surface area (TPSA) is 46.9 Å². The molecule has 1 aromatic carbocycles. The van der Waals surface area contributed by atoms with Gasteiger partial charge in [-0.1, -0.05) is 0 Å². The molecule has 21 heavy (non-hydrogen) atoms. The van der Waals surface area contributed by atoms with Gasteiger partial charge in [-0.05, 0) is 36.6 Å². The molecule has 4 nitrogen and oxygen atoms in total. The van der Waals surface area contributed by atoms with Crippen LogP contribution < -0.4 is 5.32 Å². The summed E-state index contributed by atoms with van der Waals surface area (Å²) < 4.78 is 15.2. The first-order valence-electron chi connectivity index (χ1n) is 6.58. The van der Waals surface area contributed by atoms with Crippen LogP contribution >= 0.6 is 11.3 Å². The first-order valence-corrected chi connectivity index (χ1v) is 7.40. The summed E-state index contributed by atoms with van der Waals surface area (Å²) >= 11 is 1.44. The SMILES string of the molecule is Cc1cnc(NC(=O)CCn2ccc3ccc(F)cc32)s1. The van der Waals surface area contributed by atoms with Crippen molar-refractivity contribution in [3.8, 4) is 0 Å². The van der Waals surface area contributed by atoms with Crippen LogP contribution in [0.25, 0.3) is 10.9 Å². The van der Waals surface area contributed by atoms with Gasteiger partial charge in [0.1, 0.15) is 5.82 Å². The summed E-state index contributed by atoms with van der Waals surface area (Å²) in [7, 11) is 0. The molecule has 0 unspecified atom stereocenters. The molecule has 0 bridgehead atoms. The molecule has 108 valence electrons. The Labute approximate surface area is 125 Å². The molecule has 2 aromatic heterocycles. The maximum atomic E-state index is 13.3. The zero-order valence-corrected chi connectivity index (χ0v) is 12.3. The Morgan fingerprint density at radius 3 is 3.05 bits per heavy atom. The summed E-state index contributed by atoms with van der Waals surface area (Å²) in [5, 5.41) is 4.34. The van der Waals surface area contributed by atoms with Gasteiger partial charge in [0.05, 0.1) is 5.52 Å². The van der Waals surface area contributed by atoms with E-state index in [0.717, 1.165) is 15.8 Å². The minimum absolute atomic E-state index is 0.0948. The molecule has 0 radical (unpaired) electrons. The number of halogens is 1. The van der Waals surface area contributed by atoms with E-state index < -0.39 is 0 Å². The van der Waals surface area contributed by atoms with Gasteiger partial charge < -0.3 is 9.88 Å². The Morgan fingerprint density at radius 1 is 1.43 bits per heavy atom. The number of rotatable bonds is 4. The molecule has 0 aliphatic carbocycles. The van der Waals surface area contributed by atoms with Gasteiger partial charge in [-0.25, -0.2) is 9.37 Å². The van der Waals surface area contributed by atoms with Crippen LogP contribution in [0.15, 0.2) is 36.7 Å². The lowest BCUT2D eigenvalue weighted by molar-refractivity contribution is -0.116. The molecule has 0 spiro atoms. The Kier molecular flexibility index (Phi) is 3.70. The highest BCUT2D eigenvalue weighted by atomic mass is 32.1. The minimum atomic E-state index is -0.273. The van der Waals surface area contributed by atoms with E-state index in [1.54, 1.807) is 12.3 Å². The van der Waals surface area contributed by atoms with Crippen molar-refractivity contribution in [3.63, 3.8) is 0 Å². The third kappa shape index (κ3) is 3.11. The standard InChI is InChI=1S/C15H14FN3OS/c1-10-9-17-15(21-10)18-14(20)5-7-19-6-4-11-2-3-12(16)8-13(11)19/h2-4,6,8-9H,5,7H2,1H3,(H,17,18,20). The number of amides is 1. The molecule has 2 heterocycles. The van der Waals surface area contributed by atoms with E-state index in [0.29, 0.717) is 18.1 Å². The van der Waals surface area contributed by atoms with Crippen molar-refractivity contribution in [2.45, 2.75) is 19.9 Å². The number of anilines is 1. The number of nitrogens with one attached hydrogen (secondary N) is 1. The second kappa shape index (κ2) is 5.65. The van der Waals surface area contributed by atoms with Crippen LogP contribution in [-0.2, 0) is 11.3 Å². The van der Waals surface area contributed by atoms with Crippen LogP contribution in [0.3, 0.4) is 0 Å². The summed E-state index contributed by atoms with van der Waals surface area (Å²) in [5.74, 6) is -0.368. The predicted molar refractivity (Wildman–Crippen MR) is 82.0 cm³/mol. The monoisotopic (exact) mass is 303 g/mol. The molecule has 1 N–H and O–H groups in total. The van der Waals surface area contributed by atoms with E-state index in [1.165, 1.54) is 23.5 Å². The molecule has 1 amide bonds. The van der Waals surface area contributed by atoms with Crippen LogP contribution in [-0.4, -0.2) is 15.5 Å². The van der Waals surface area contributed by atoms with Gasteiger partial charge in [-0.15, -0.1) is 11.3 Å². The van der Waals surface area contributed by atoms with Crippen LogP contribution in [0, 0.1) is 12.7 Å². The summed E-state index contributed by atoms with van der Waals surface area (Å²) in [6, 6.07) is 6.57. The van der Waals surface area contributed by atoms with E-state index in [9.17, 15) is 9.18 Å². The van der Waals surface area contributed by atoms with Crippen molar-refractivity contribution < 1.29 is 9.18 Å². The van der Waals surface area contributed by atoms with Gasteiger partial charge in [-0.3, -0.25) is 4.79 Å². The first kappa shape index (κ1) is 13.8. The third-order valence-electron chi connectivity index (χ3n) is 3.18. The fraction of sp³-hybridized carbons (Fsp3) is 0.200. The lowest BCUT2D eigenvalue weighted by atomic mass is 10.2. The molecule has 0 aliphatic heterocycles. The van der Waals surface area contributed by atoms with E-state index in [2.05, 4.69) is 10.3 Å². The molecule has 0 saturated carbocycles. The van der Waals surface area contributed by atoms with Crippen LogP contribution in [0.4, 0.5) is 9.52 Å². The van der Waals surface area contributed by atoms with Crippen molar-refractivity contribution in [1.82, 2.24) is 9.55 Å². The number of aryl methyl sites for hydroxylation is 2. The quantitative estimate of drug-likeness (QED) is 0.801. The van der Waals surface area contributed by atoms with Gasteiger partial charge in [0, 0.05) is 30.2 Å². The van der Waals surface area contributed by atoms with Gasteiger partial charge in [-0.2, -0.15) is 0 Å². The third-order valence-corrected chi connectivity index (χ3v) is 4.01. The zero-order chi connectivity index (χ0) is 14.8. The number of hydrogen-bond acceptors (Lipinski definition) is 3. The fourth-order valence-corrected chi connectivity index (χ4v) is 2.85. The molecule has 0 aliphatic rings. The van der Waals surface area contributed by atoms with Gasteiger partial charge in [0.2, 0.25) is 5.91 Å². The Morgan fingerprint density at radius 2 is 2.29 bits per heavy atom. The number of fused-ring (bicyclic) bond motifs is 1. The molecule has 3 aromatic rings. The maximum Gasteiger partial charge on any atom is 0.227 e. The average Bonchev–Trinajstić information content (AvgIpc) is 3.03. The number of carbonyl (C=O) groups is 1. The normalized spacial score (nSPS) is 11.0. The average molecular weight is 303 g/mol. The number of aromatic nitrogens is 2. The molecule has 0 saturated heterocycles. The lowest BCUT2D eigenvalue weighted by Crippen LogP contribution is -2.14. The Hall–Kier alpha value is -2.21. The van der Waals surface area contributed by atoms with Gasteiger partial charge >= 0.3 is 0 Å². The van der Waals surface area contributed by atoms with E-state index in [1.807, 2.05) is 23.8 Å². The van der Waals surface area contributed by atoms with Crippen LogP contribution in [0.1, 0.15) is 11.3 Å². The van der Waals surface area contributed by atoms with Crippen molar-refractivity contribution >= 4 is 33.3 Å². The minimum Gasteiger partial charge on any atom is -0.347 e. The smallest absolute Gasteiger partial charge is 0.227 e. The van der Waals surface area contributed by atoms with E-state index >= 15 is 0 Å². The van der Waals surface area contributed by atoms with E-state index in [-0.39, 0.29) is 11.7 Å². The molecule has 3 rings (SSSR count). The Balaban J connectivity index is 1.66. The summed E-state index contributed by atoms with van der Waals surface area (Å²) in [6.45, 7) is 2.44. The molecule has 0 fully saturated rings. The van der Waals surface area contributed by atoms with Crippen LogP contribution in [0.5, 0.6) is 0 Å². The highest BCUT2D eigenvalue weighted by Crippen LogP contribution is 2.19. The molecular formula is C15H14FN3OS. The number of carbonyl (C=O) groups excluding carboxylic acids is 1. The van der Waals surface area contributed by atoms with Crippen molar-refractivity contribution in [2.24, 2.45) is 0 Å². The molecule has 0 atom stereocenters. The summed E-state index contributed by atoms with van der Waals surface area (Å²) in [4.78, 5) is 17.0. The number of thiazole rings is 1. The van der Waals surface area contributed by atoms with Gasteiger partial charge in [0.15, 0.2) is 5.13 Å². The lowest BCUT2D eigenvalue weighted by Gasteiger charge is -2.05. The summed E-state index contributed by atoms with van der Waals surface area (Å²) in [6.07, 6.45) is 3.91. The zero-order valence-electron chi connectivity index (χ0n) is 11.5. The molecular weight excluding hydrogens is 289 g/mol. The van der Waals surface area contributed by atoms with Crippen LogP contribution in [0.2, 0.25) is 0 Å². The number of nitrogens with zero attached hydrogens (tertiary/aromatic N) is 2. The highest BCUT2D eigenvalue weighted by molar-refractivity contribution is 7.15. The predicted octanol–water partition coefficient (Wildman–Crippen LogP) is 3.57. The second-order valence-electron chi connectivity index (χ2n) is 4.79. The second-order valence-corrected chi connectivity index (χ2v) is 6.02. The van der Waals surface area contributed by atoms with Crippen molar-refractivity contribution in [2.75, 3.05) is 5.32 Å².